The Kier molecular flexibility index (Phi) is 6.73. The third-order valence-corrected chi connectivity index (χ3v) is 7.68. The summed E-state index contributed by atoms with van der Waals surface area (Å²) < 4.78 is 49.6. The van der Waals surface area contributed by atoms with Crippen LogP contribution in [0.25, 0.3) is 0 Å². The summed E-state index contributed by atoms with van der Waals surface area (Å²) >= 11 is 0. The van der Waals surface area contributed by atoms with E-state index in [1.54, 1.807) is 12.1 Å². The molecule has 0 unspecified atom stereocenters. The molecule has 2 aromatic rings. The topological polar surface area (TPSA) is 154 Å². The smallest absolute Gasteiger partial charge is 0.244 e. The van der Waals surface area contributed by atoms with Gasteiger partial charge in [0.2, 0.25) is 26.0 Å². The van der Waals surface area contributed by atoms with Crippen molar-refractivity contribution in [3.63, 3.8) is 0 Å². The van der Waals surface area contributed by atoms with Crippen molar-refractivity contribution in [2.45, 2.75) is 9.79 Å². The van der Waals surface area contributed by atoms with Gasteiger partial charge in [-0.1, -0.05) is 12.1 Å². The number of hydrogen-bond acceptors (Lipinski definition) is 7. The predicted octanol–water partition coefficient (Wildman–Crippen LogP) is 0.151. The fourth-order valence-electron chi connectivity index (χ4n) is 3.18. The summed E-state index contributed by atoms with van der Waals surface area (Å²) in [6.07, 6.45) is 0. The number of amides is 1. The van der Waals surface area contributed by atoms with Crippen molar-refractivity contribution in [1.29, 1.82) is 5.26 Å². The number of rotatable bonds is 6. The molecule has 1 fully saturated rings. The maximum Gasteiger partial charge on any atom is 0.244 e. The maximum atomic E-state index is 12.9. The van der Waals surface area contributed by atoms with Crippen molar-refractivity contribution < 1.29 is 21.6 Å². The SMILES string of the molecule is N#Cc1ccccc1S(=O)(=O)N1CCN(CC(=O)Nc2ccc(S(N)(=O)=O)cc2)CC1. The van der Waals surface area contributed by atoms with Gasteiger partial charge in [0.1, 0.15) is 6.07 Å². The lowest BCUT2D eigenvalue weighted by Crippen LogP contribution is -2.50. The van der Waals surface area contributed by atoms with E-state index >= 15 is 0 Å². The van der Waals surface area contributed by atoms with Gasteiger partial charge in [0.05, 0.1) is 21.9 Å². The Morgan fingerprint density at radius 3 is 2.19 bits per heavy atom. The van der Waals surface area contributed by atoms with Gasteiger partial charge in [0.25, 0.3) is 0 Å². The summed E-state index contributed by atoms with van der Waals surface area (Å²) in [5, 5.41) is 16.9. The molecule has 0 saturated carbocycles. The summed E-state index contributed by atoms with van der Waals surface area (Å²) in [6, 6.07) is 13.4. The second-order valence-corrected chi connectivity index (χ2v) is 10.4. The number of nitriles is 1. The number of anilines is 1. The first-order valence-corrected chi connectivity index (χ1v) is 12.2. The number of carbonyl (C=O) groups excluding carboxylic acids is 1. The minimum absolute atomic E-state index is 0.0216. The van der Waals surface area contributed by atoms with Gasteiger partial charge in [-0.25, -0.2) is 22.0 Å². The van der Waals surface area contributed by atoms with E-state index in [-0.39, 0.29) is 40.9 Å². The monoisotopic (exact) mass is 463 g/mol. The second-order valence-electron chi connectivity index (χ2n) is 6.91. The molecule has 0 spiro atoms. The van der Waals surface area contributed by atoms with Crippen LogP contribution >= 0.6 is 0 Å². The molecule has 3 N–H and O–H groups in total. The molecule has 0 aromatic heterocycles. The number of hydrogen-bond donors (Lipinski definition) is 2. The summed E-state index contributed by atoms with van der Waals surface area (Å²) in [4.78, 5) is 14.0. The third kappa shape index (κ3) is 5.46. The first-order chi connectivity index (χ1) is 14.6. The quantitative estimate of drug-likeness (QED) is 0.618. The summed E-state index contributed by atoms with van der Waals surface area (Å²) in [6.45, 7) is 1.15. The van der Waals surface area contributed by atoms with Gasteiger partial charge in [0.15, 0.2) is 0 Å². The summed E-state index contributed by atoms with van der Waals surface area (Å²) in [7, 11) is -7.60. The molecule has 2 aromatic carbocycles. The molecule has 1 aliphatic rings. The van der Waals surface area contributed by atoms with Crippen LogP contribution in [0.15, 0.2) is 58.3 Å². The van der Waals surface area contributed by atoms with Crippen LogP contribution in [0.5, 0.6) is 0 Å². The number of nitrogens with two attached hydrogens (primary N) is 1. The molecule has 164 valence electrons. The largest absolute Gasteiger partial charge is 0.325 e. The summed E-state index contributed by atoms with van der Waals surface area (Å²) in [5.41, 5.74) is 0.518. The fraction of sp³-hybridized carbons (Fsp3) is 0.263. The highest BCUT2D eigenvalue weighted by Gasteiger charge is 2.30. The molecule has 3 rings (SSSR count). The van der Waals surface area contributed by atoms with Crippen molar-refractivity contribution in [1.82, 2.24) is 9.21 Å². The predicted molar refractivity (Wildman–Crippen MR) is 113 cm³/mol. The maximum absolute atomic E-state index is 12.9. The lowest BCUT2D eigenvalue weighted by atomic mass is 10.2. The van der Waals surface area contributed by atoms with Crippen molar-refractivity contribution in [3.05, 3.63) is 54.1 Å². The Morgan fingerprint density at radius 2 is 1.61 bits per heavy atom. The standard InChI is InChI=1S/C19H21N5O5S2/c20-13-15-3-1-2-4-18(15)31(28,29)24-11-9-23(10-12-24)14-19(25)22-16-5-7-17(8-6-16)30(21,26)27/h1-8H,9-12,14H2,(H,22,25)(H2,21,26,27). The van der Waals surface area contributed by atoms with Crippen molar-refractivity contribution in [3.8, 4) is 6.07 Å². The van der Waals surface area contributed by atoms with Crippen LogP contribution in [-0.2, 0) is 24.8 Å². The van der Waals surface area contributed by atoms with E-state index in [1.807, 2.05) is 11.0 Å². The third-order valence-electron chi connectivity index (χ3n) is 4.79. The molecule has 12 heteroatoms. The highest BCUT2D eigenvalue weighted by atomic mass is 32.2. The van der Waals surface area contributed by atoms with Crippen molar-refractivity contribution in [2.24, 2.45) is 5.14 Å². The van der Waals surface area contributed by atoms with E-state index in [9.17, 15) is 26.9 Å². The number of carbonyl (C=O) groups is 1. The average Bonchev–Trinajstić information content (AvgIpc) is 2.73. The summed E-state index contributed by atoms with van der Waals surface area (Å²) in [5.74, 6) is -0.311. The van der Waals surface area contributed by atoms with Crippen LogP contribution in [-0.4, -0.2) is 64.7 Å². The van der Waals surface area contributed by atoms with Gasteiger partial charge in [-0.3, -0.25) is 9.69 Å². The van der Waals surface area contributed by atoms with E-state index in [2.05, 4.69) is 5.32 Å². The molecular weight excluding hydrogens is 442 g/mol. The molecule has 1 saturated heterocycles. The van der Waals surface area contributed by atoms with Gasteiger partial charge in [-0.2, -0.15) is 9.57 Å². The van der Waals surface area contributed by atoms with E-state index < -0.39 is 20.0 Å². The zero-order chi connectivity index (χ0) is 22.6. The number of piperazine rings is 1. The van der Waals surface area contributed by atoms with Crippen LogP contribution in [0, 0.1) is 11.3 Å². The minimum atomic E-state index is -3.81. The zero-order valence-corrected chi connectivity index (χ0v) is 18.1. The van der Waals surface area contributed by atoms with Crippen molar-refractivity contribution in [2.75, 3.05) is 38.0 Å². The minimum Gasteiger partial charge on any atom is -0.325 e. The Bertz CT molecular complexity index is 1210. The Morgan fingerprint density at radius 1 is 1.00 bits per heavy atom. The highest BCUT2D eigenvalue weighted by Crippen LogP contribution is 2.21. The first kappa shape index (κ1) is 22.9. The van der Waals surface area contributed by atoms with E-state index in [0.717, 1.165) is 0 Å². The normalized spacial score (nSPS) is 15.9. The van der Waals surface area contributed by atoms with Gasteiger partial charge < -0.3 is 5.32 Å². The van der Waals surface area contributed by atoms with Gasteiger partial charge in [-0.15, -0.1) is 0 Å². The van der Waals surface area contributed by atoms with Crippen LogP contribution < -0.4 is 10.5 Å². The lowest BCUT2D eigenvalue weighted by Gasteiger charge is -2.33. The molecular formula is C19H21N5O5S2. The average molecular weight is 464 g/mol. The number of benzene rings is 2. The number of nitrogens with one attached hydrogen (secondary N) is 1. The zero-order valence-electron chi connectivity index (χ0n) is 16.4. The molecule has 1 amide bonds. The first-order valence-electron chi connectivity index (χ1n) is 9.25. The molecule has 31 heavy (non-hydrogen) atoms. The van der Waals surface area contributed by atoms with Gasteiger partial charge in [0, 0.05) is 31.9 Å². The second kappa shape index (κ2) is 9.13. The van der Waals surface area contributed by atoms with Crippen LogP contribution in [0.3, 0.4) is 0 Å². The Labute approximate surface area is 181 Å². The Hall–Kier alpha value is -2.82. The van der Waals surface area contributed by atoms with Crippen LogP contribution in [0.1, 0.15) is 5.56 Å². The Balaban J connectivity index is 1.56. The van der Waals surface area contributed by atoms with Crippen molar-refractivity contribution >= 4 is 31.6 Å². The van der Waals surface area contributed by atoms with Gasteiger partial charge >= 0.3 is 0 Å². The molecule has 0 aliphatic carbocycles. The molecule has 0 radical (unpaired) electrons. The van der Waals surface area contributed by atoms with E-state index in [4.69, 9.17) is 5.14 Å². The number of sulfonamides is 2. The van der Waals surface area contributed by atoms with E-state index in [1.165, 1.54) is 40.7 Å². The lowest BCUT2D eigenvalue weighted by molar-refractivity contribution is -0.117. The molecule has 10 nitrogen and oxygen atoms in total. The van der Waals surface area contributed by atoms with E-state index in [0.29, 0.717) is 18.8 Å². The molecule has 1 aliphatic heterocycles. The molecule has 0 bridgehead atoms. The van der Waals surface area contributed by atoms with Crippen LogP contribution in [0.2, 0.25) is 0 Å². The number of nitrogens with zero attached hydrogens (tertiary/aromatic N) is 3. The number of primary sulfonamides is 1. The van der Waals surface area contributed by atoms with Gasteiger partial charge in [-0.05, 0) is 36.4 Å². The molecule has 0 atom stereocenters. The van der Waals surface area contributed by atoms with Crippen LogP contribution in [0.4, 0.5) is 5.69 Å². The molecule has 1 heterocycles. The fourth-order valence-corrected chi connectivity index (χ4v) is 5.26. The highest BCUT2D eigenvalue weighted by molar-refractivity contribution is 7.89.